The Morgan fingerprint density at radius 3 is 2.77 bits per heavy atom. The number of aromatic nitrogens is 1. The summed E-state index contributed by atoms with van der Waals surface area (Å²) in [5.41, 5.74) is 2.37. The number of ether oxygens (including phenoxy) is 1. The quantitative estimate of drug-likeness (QED) is 0.828. The van der Waals surface area contributed by atoms with Gasteiger partial charge in [0, 0.05) is 18.7 Å². The first-order valence-electron chi connectivity index (χ1n) is 8.75. The fourth-order valence-electron chi connectivity index (χ4n) is 3.01. The highest BCUT2D eigenvalue weighted by Crippen LogP contribution is 2.18. The first-order chi connectivity index (χ1) is 12.5. The molecule has 0 radical (unpaired) electrons. The Morgan fingerprint density at radius 2 is 2.08 bits per heavy atom. The maximum Gasteiger partial charge on any atom is 0.253 e. The van der Waals surface area contributed by atoms with Gasteiger partial charge in [-0.25, -0.2) is 0 Å². The number of carbonyl (C=O) groups excluding carboxylic acids is 2. The molecule has 2 heterocycles. The van der Waals surface area contributed by atoms with Gasteiger partial charge >= 0.3 is 0 Å². The molecular weight excluding hydrogens is 334 g/mol. The van der Waals surface area contributed by atoms with Gasteiger partial charge in [0.05, 0.1) is 29.5 Å². The second kappa shape index (κ2) is 8.14. The third-order valence-electron chi connectivity index (χ3n) is 4.48. The minimum absolute atomic E-state index is 0.0697. The van der Waals surface area contributed by atoms with E-state index in [-0.39, 0.29) is 24.3 Å². The summed E-state index contributed by atoms with van der Waals surface area (Å²) in [7, 11) is 0. The molecule has 3 rings (SSSR count). The van der Waals surface area contributed by atoms with Crippen LogP contribution in [0, 0.1) is 13.8 Å². The lowest BCUT2D eigenvalue weighted by molar-refractivity contribution is -0.115. The van der Waals surface area contributed by atoms with Crippen LogP contribution in [0.15, 0.2) is 28.8 Å². The smallest absolute Gasteiger partial charge is 0.253 e. The third kappa shape index (κ3) is 4.29. The normalized spacial score (nSPS) is 16.5. The van der Waals surface area contributed by atoms with Crippen molar-refractivity contribution >= 4 is 17.5 Å². The average Bonchev–Trinajstić information content (AvgIpc) is 3.25. The van der Waals surface area contributed by atoms with Crippen LogP contribution in [0.2, 0.25) is 0 Å². The first-order valence-corrected chi connectivity index (χ1v) is 8.75. The minimum Gasteiger partial charge on any atom is -0.376 e. The SMILES string of the molecule is Cc1noc(C)c1CC(=O)Nc1ccccc1C(=O)NC[C@H]1CCCO1. The molecule has 0 unspecified atom stereocenters. The molecule has 1 aliphatic rings. The summed E-state index contributed by atoms with van der Waals surface area (Å²) in [4.78, 5) is 24.9. The van der Waals surface area contributed by atoms with Crippen LogP contribution >= 0.6 is 0 Å². The van der Waals surface area contributed by atoms with E-state index in [1.165, 1.54) is 0 Å². The molecule has 26 heavy (non-hydrogen) atoms. The van der Waals surface area contributed by atoms with Crippen LogP contribution in [0.5, 0.6) is 0 Å². The Hall–Kier alpha value is -2.67. The van der Waals surface area contributed by atoms with Crippen molar-refractivity contribution in [1.29, 1.82) is 0 Å². The number of benzene rings is 1. The molecule has 1 atom stereocenters. The number of nitrogens with one attached hydrogen (secondary N) is 2. The molecule has 0 bridgehead atoms. The van der Waals surface area contributed by atoms with Crippen molar-refractivity contribution in [1.82, 2.24) is 10.5 Å². The van der Waals surface area contributed by atoms with E-state index in [0.29, 0.717) is 29.2 Å². The van der Waals surface area contributed by atoms with Gasteiger partial charge in [0.1, 0.15) is 5.76 Å². The molecule has 0 spiro atoms. The molecule has 7 nitrogen and oxygen atoms in total. The summed E-state index contributed by atoms with van der Waals surface area (Å²) in [5, 5.41) is 9.54. The summed E-state index contributed by atoms with van der Waals surface area (Å²) in [6.45, 7) is 4.79. The molecule has 1 aromatic heterocycles. The molecule has 7 heteroatoms. The molecule has 138 valence electrons. The van der Waals surface area contributed by atoms with Crippen LogP contribution in [0.3, 0.4) is 0 Å². The number of anilines is 1. The van der Waals surface area contributed by atoms with Crippen molar-refractivity contribution in [2.75, 3.05) is 18.5 Å². The Kier molecular flexibility index (Phi) is 5.68. The number of nitrogens with zero attached hydrogens (tertiary/aromatic N) is 1. The molecule has 0 aliphatic carbocycles. The molecule has 1 aliphatic heterocycles. The lowest BCUT2D eigenvalue weighted by Crippen LogP contribution is -2.32. The highest BCUT2D eigenvalue weighted by atomic mass is 16.5. The fraction of sp³-hybridized carbons (Fsp3) is 0.421. The van der Waals surface area contributed by atoms with Gasteiger partial charge in [0.25, 0.3) is 5.91 Å². The van der Waals surface area contributed by atoms with Crippen molar-refractivity contribution in [3.63, 3.8) is 0 Å². The zero-order valence-corrected chi connectivity index (χ0v) is 15.0. The Bertz CT molecular complexity index is 774. The number of para-hydroxylation sites is 1. The van der Waals surface area contributed by atoms with Crippen LogP contribution < -0.4 is 10.6 Å². The first kappa shape index (κ1) is 18.1. The molecular formula is C19H23N3O4. The van der Waals surface area contributed by atoms with E-state index in [4.69, 9.17) is 9.26 Å². The van der Waals surface area contributed by atoms with Gasteiger partial charge < -0.3 is 19.9 Å². The molecule has 2 amide bonds. The second-order valence-electron chi connectivity index (χ2n) is 6.42. The van der Waals surface area contributed by atoms with E-state index >= 15 is 0 Å². The molecule has 1 aromatic carbocycles. The van der Waals surface area contributed by atoms with Crippen molar-refractivity contribution in [3.05, 3.63) is 46.8 Å². The molecule has 2 aromatic rings. The van der Waals surface area contributed by atoms with Gasteiger partial charge in [-0.15, -0.1) is 0 Å². The lowest BCUT2D eigenvalue weighted by Gasteiger charge is -2.13. The summed E-state index contributed by atoms with van der Waals surface area (Å²) in [5.74, 6) is 0.174. The molecule has 1 saturated heterocycles. The Morgan fingerprint density at radius 1 is 1.27 bits per heavy atom. The minimum atomic E-state index is -0.228. The van der Waals surface area contributed by atoms with Crippen LogP contribution in [0.4, 0.5) is 5.69 Å². The van der Waals surface area contributed by atoms with Crippen molar-refractivity contribution in [2.45, 2.75) is 39.2 Å². The predicted octanol–water partition coefficient (Wildman–Crippen LogP) is 2.38. The van der Waals surface area contributed by atoms with Crippen molar-refractivity contribution < 1.29 is 18.8 Å². The van der Waals surface area contributed by atoms with Gasteiger partial charge in [-0.05, 0) is 38.8 Å². The summed E-state index contributed by atoms with van der Waals surface area (Å²) < 4.78 is 10.6. The topological polar surface area (TPSA) is 93.5 Å². The van der Waals surface area contributed by atoms with Gasteiger partial charge in [-0.1, -0.05) is 17.3 Å². The zero-order chi connectivity index (χ0) is 18.5. The molecule has 1 fully saturated rings. The number of amides is 2. The van der Waals surface area contributed by atoms with Gasteiger partial charge in [-0.2, -0.15) is 0 Å². The monoisotopic (exact) mass is 357 g/mol. The van der Waals surface area contributed by atoms with Gasteiger partial charge in [0.15, 0.2) is 0 Å². The Labute approximate surface area is 152 Å². The van der Waals surface area contributed by atoms with Crippen LogP contribution in [0.25, 0.3) is 0 Å². The fourth-order valence-corrected chi connectivity index (χ4v) is 3.01. The van der Waals surface area contributed by atoms with Crippen LogP contribution in [0.1, 0.15) is 40.2 Å². The van der Waals surface area contributed by atoms with Crippen LogP contribution in [-0.2, 0) is 16.0 Å². The number of rotatable bonds is 6. The number of hydrogen-bond acceptors (Lipinski definition) is 5. The van der Waals surface area contributed by atoms with E-state index in [2.05, 4.69) is 15.8 Å². The van der Waals surface area contributed by atoms with Crippen molar-refractivity contribution in [2.24, 2.45) is 0 Å². The highest BCUT2D eigenvalue weighted by molar-refractivity contribution is 6.04. The Balaban J connectivity index is 1.64. The van der Waals surface area contributed by atoms with Crippen LogP contribution in [-0.4, -0.2) is 36.2 Å². The number of hydrogen-bond donors (Lipinski definition) is 2. The van der Waals surface area contributed by atoms with Gasteiger partial charge in [0.2, 0.25) is 5.91 Å². The summed E-state index contributed by atoms with van der Waals surface area (Å²) >= 11 is 0. The van der Waals surface area contributed by atoms with E-state index in [1.54, 1.807) is 38.1 Å². The second-order valence-corrected chi connectivity index (χ2v) is 6.42. The maximum absolute atomic E-state index is 12.5. The van der Waals surface area contributed by atoms with E-state index in [0.717, 1.165) is 25.0 Å². The van der Waals surface area contributed by atoms with Gasteiger partial charge in [-0.3, -0.25) is 9.59 Å². The third-order valence-corrected chi connectivity index (χ3v) is 4.48. The standard InChI is InChI=1S/C19H23N3O4/c1-12-16(13(2)26-22-12)10-18(23)21-17-8-4-3-7-15(17)19(24)20-11-14-6-5-9-25-14/h3-4,7-8,14H,5-6,9-11H2,1-2H3,(H,20,24)(H,21,23)/t14-/m1/s1. The number of carbonyl (C=O) groups is 2. The van der Waals surface area contributed by atoms with E-state index in [1.807, 2.05) is 0 Å². The largest absolute Gasteiger partial charge is 0.376 e. The lowest BCUT2D eigenvalue weighted by atomic mass is 10.1. The van der Waals surface area contributed by atoms with Crippen molar-refractivity contribution in [3.8, 4) is 0 Å². The summed E-state index contributed by atoms with van der Waals surface area (Å²) in [6, 6.07) is 6.95. The zero-order valence-electron chi connectivity index (χ0n) is 15.0. The highest BCUT2D eigenvalue weighted by Gasteiger charge is 2.19. The van der Waals surface area contributed by atoms with E-state index in [9.17, 15) is 9.59 Å². The molecule has 0 saturated carbocycles. The maximum atomic E-state index is 12.5. The number of aryl methyl sites for hydroxylation is 2. The summed E-state index contributed by atoms with van der Waals surface area (Å²) in [6.07, 6.45) is 2.19. The molecule has 2 N–H and O–H groups in total. The van der Waals surface area contributed by atoms with E-state index < -0.39 is 0 Å². The predicted molar refractivity (Wildman–Crippen MR) is 96.1 cm³/mol. The average molecular weight is 357 g/mol.